The number of hydrogen-bond donors (Lipinski definition) is 1. The number of aryl methyl sites for hydroxylation is 2. The van der Waals surface area contributed by atoms with Crippen molar-refractivity contribution >= 4 is 17.5 Å². The van der Waals surface area contributed by atoms with Crippen molar-refractivity contribution in [2.75, 3.05) is 42.9 Å². The van der Waals surface area contributed by atoms with Crippen LogP contribution in [0, 0.1) is 0 Å². The van der Waals surface area contributed by atoms with Crippen molar-refractivity contribution in [2.24, 2.45) is 0 Å². The van der Waals surface area contributed by atoms with Gasteiger partial charge in [-0.1, -0.05) is 39.0 Å². The second-order valence-corrected chi connectivity index (χ2v) is 6.35. The van der Waals surface area contributed by atoms with Gasteiger partial charge in [0.15, 0.2) is 5.82 Å². The van der Waals surface area contributed by atoms with E-state index in [9.17, 15) is 0 Å². The molecule has 1 fully saturated rings. The molecule has 134 valence electrons. The van der Waals surface area contributed by atoms with Crippen molar-refractivity contribution in [2.45, 2.75) is 33.6 Å². The molecule has 1 aliphatic heterocycles. The second kappa shape index (κ2) is 8.25. The van der Waals surface area contributed by atoms with Gasteiger partial charge in [0.1, 0.15) is 0 Å². The SMILES string of the molecule is CCc1cccc(CC)c1Nc1cnnc(N2CCN(CC)CC2)n1. The van der Waals surface area contributed by atoms with Crippen LogP contribution in [0.5, 0.6) is 0 Å². The molecule has 0 unspecified atom stereocenters. The molecule has 1 N–H and O–H groups in total. The lowest BCUT2D eigenvalue weighted by Gasteiger charge is -2.33. The molecule has 0 atom stereocenters. The largest absolute Gasteiger partial charge is 0.338 e. The number of likely N-dealkylation sites (N-methyl/N-ethyl adjacent to an activating group) is 1. The smallest absolute Gasteiger partial charge is 0.247 e. The molecular formula is C19H28N6. The summed E-state index contributed by atoms with van der Waals surface area (Å²) in [5.41, 5.74) is 3.77. The normalized spacial score (nSPS) is 15.4. The lowest BCUT2D eigenvalue weighted by Crippen LogP contribution is -2.46. The van der Waals surface area contributed by atoms with Crippen LogP contribution in [0.2, 0.25) is 0 Å². The van der Waals surface area contributed by atoms with Crippen LogP contribution in [-0.4, -0.2) is 52.8 Å². The number of benzene rings is 1. The second-order valence-electron chi connectivity index (χ2n) is 6.35. The molecule has 0 amide bonds. The number of anilines is 3. The van der Waals surface area contributed by atoms with Gasteiger partial charge in [-0.3, -0.25) is 0 Å². The zero-order valence-corrected chi connectivity index (χ0v) is 15.5. The van der Waals surface area contributed by atoms with Crippen LogP contribution in [0.4, 0.5) is 17.5 Å². The van der Waals surface area contributed by atoms with Gasteiger partial charge in [0, 0.05) is 31.9 Å². The summed E-state index contributed by atoms with van der Waals surface area (Å²) in [5.74, 6) is 1.48. The Labute approximate surface area is 150 Å². The van der Waals surface area contributed by atoms with Crippen molar-refractivity contribution in [1.82, 2.24) is 20.1 Å². The third kappa shape index (κ3) is 4.07. The molecule has 1 saturated heterocycles. The molecule has 2 heterocycles. The van der Waals surface area contributed by atoms with Crippen LogP contribution in [-0.2, 0) is 12.8 Å². The maximum atomic E-state index is 4.72. The highest BCUT2D eigenvalue weighted by molar-refractivity contribution is 5.65. The Balaban J connectivity index is 1.79. The molecule has 0 bridgehead atoms. The standard InChI is InChI=1S/C19H28N6/c1-4-15-8-7-9-16(5-2)18(15)21-17-14-20-23-19(22-17)25-12-10-24(6-3)11-13-25/h7-9,14H,4-6,10-13H2,1-3H3,(H,21,22,23). The predicted octanol–water partition coefficient (Wildman–Crippen LogP) is 2.88. The van der Waals surface area contributed by atoms with E-state index in [1.165, 1.54) is 11.1 Å². The van der Waals surface area contributed by atoms with Crippen molar-refractivity contribution in [3.8, 4) is 0 Å². The molecule has 0 spiro atoms. The fraction of sp³-hybridized carbons (Fsp3) is 0.526. The molecule has 2 aromatic rings. The number of piperazine rings is 1. The Bertz CT molecular complexity index is 672. The van der Waals surface area contributed by atoms with E-state index in [4.69, 9.17) is 4.98 Å². The van der Waals surface area contributed by atoms with Gasteiger partial charge in [-0.25, -0.2) is 0 Å². The summed E-state index contributed by atoms with van der Waals surface area (Å²) in [6.45, 7) is 11.7. The first kappa shape index (κ1) is 17.6. The highest BCUT2D eigenvalue weighted by Crippen LogP contribution is 2.26. The Hall–Kier alpha value is -2.21. The molecule has 1 aromatic heterocycles. The number of para-hydroxylation sites is 1. The summed E-state index contributed by atoms with van der Waals surface area (Å²) < 4.78 is 0. The van der Waals surface area contributed by atoms with Crippen LogP contribution in [0.15, 0.2) is 24.4 Å². The number of aromatic nitrogens is 3. The van der Waals surface area contributed by atoms with Gasteiger partial charge in [0.25, 0.3) is 0 Å². The van der Waals surface area contributed by atoms with Gasteiger partial charge < -0.3 is 15.1 Å². The van der Waals surface area contributed by atoms with E-state index in [1.54, 1.807) is 6.20 Å². The predicted molar refractivity (Wildman–Crippen MR) is 103 cm³/mol. The molecule has 6 nitrogen and oxygen atoms in total. The van der Waals surface area contributed by atoms with Gasteiger partial charge in [-0.2, -0.15) is 10.1 Å². The Morgan fingerprint density at radius 3 is 2.28 bits per heavy atom. The number of nitrogens with zero attached hydrogens (tertiary/aromatic N) is 5. The molecule has 0 aliphatic carbocycles. The van der Waals surface area contributed by atoms with Crippen LogP contribution in [0.25, 0.3) is 0 Å². The van der Waals surface area contributed by atoms with Crippen molar-refractivity contribution in [3.05, 3.63) is 35.5 Å². The van der Waals surface area contributed by atoms with E-state index in [0.717, 1.165) is 57.1 Å². The topological polar surface area (TPSA) is 57.2 Å². The van der Waals surface area contributed by atoms with E-state index in [1.807, 2.05) is 0 Å². The highest BCUT2D eigenvalue weighted by Gasteiger charge is 2.18. The quantitative estimate of drug-likeness (QED) is 0.873. The molecule has 25 heavy (non-hydrogen) atoms. The average molecular weight is 340 g/mol. The first-order valence-corrected chi connectivity index (χ1v) is 9.29. The minimum atomic E-state index is 0.716. The van der Waals surface area contributed by atoms with Crippen LogP contribution < -0.4 is 10.2 Å². The fourth-order valence-electron chi connectivity index (χ4n) is 3.28. The molecule has 0 saturated carbocycles. The van der Waals surface area contributed by atoms with Crippen LogP contribution in [0.1, 0.15) is 31.9 Å². The monoisotopic (exact) mass is 340 g/mol. The minimum absolute atomic E-state index is 0.716. The van der Waals surface area contributed by atoms with Crippen molar-refractivity contribution in [3.63, 3.8) is 0 Å². The molecule has 6 heteroatoms. The zero-order valence-electron chi connectivity index (χ0n) is 15.5. The maximum absolute atomic E-state index is 4.72. The fourth-order valence-corrected chi connectivity index (χ4v) is 3.28. The number of nitrogens with one attached hydrogen (secondary N) is 1. The summed E-state index contributed by atoms with van der Waals surface area (Å²) in [4.78, 5) is 9.38. The van der Waals surface area contributed by atoms with E-state index < -0.39 is 0 Å². The van der Waals surface area contributed by atoms with Gasteiger partial charge in [-0.15, -0.1) is 5.10 Å². The Morgan fingerprint density at radius 2 is 1.68 bits per heavy atom. The zero-order chi connectivity index (χ0) is 17.6. The summed E-state index contributed by atoms with van der Waals surface area (Å²) in [6.07, 6.45) is 3.68. The van der Waals surface area contributed by atoms with Crippen LogP contribution >= 0.6 is 0 Å². The van der Waals surface area contributed by atoms with Gasteiger partial charge in [0.05, 0.1) is 6.20 Å². The number of rotatable bonds is 6. The van der Waals surface area contributed by atoms with Gasteiger partial charge in [-0.05, 0) is 30.5 Å². The first-order chi connectivity index (χ1) is 12.2. The van der Waals surface area contributed by atoms with E-state index in [0.29, 0.717) is 5.95 Å². The van der Waals surface area contributed by atoms with Gasteiger partial charge >= 0.3 is 0 Å². The molecule has 1 aliphatic rings. The summed E-state index contributed by atoms with van der Waals surface area (Å²) in [6, 6.07) is 6.46. The summed E-state index contributed by atoms with van der Waals surface area (Å²) in [7, 11) is 0. The Morgan fingerprint density at radius 1 is 1.00 bits per heavy atom. The highest BCUT2D eigenvalue weighted by atomic mass is 15.4. The van der Waals surface area contributed by atoms with E-state index >= 15 is 0 Å². The lowest BCUT2D eigenvalue weighted by molar-refractivity contribution is 0.269. The summed E-state index contributed by atoms with van der Waals surface area (Å²) in [5, 5.41) is 11.9. The Kier molecular flexibility index (Phi) is 5.81. The minimum Gasteiger partial charge on any atom is -0.338 e. The molecule has 0 radical (unpaired) electrons. The third-order valence-electron chi connectivity index (χ3n) is 4.90. The van der Waals surface area contributed by atoms with Gasteiger partial charge in [0.2, 0.25) is 5.95 Å². The van der Waals surface area contributed by atoms with E-state index in [-0.39, 0.29) is 0 Å². The van der Waals surface area contributed by atoms with E-state index in [2.05, 4.69) is 64.3 Å². The molecule has 1 aromatic carbocycles. The lowest BCUT2D eigenvalue weighted by atomic mass is 10.0. The first-order valence-electron chi connectivity index (χ1n) is 9.29. The maximum Gasteiger partial charge on any atom is 0.247 e. The molecule has 3 rings (SSSR count). The number of hydrogen-bond acceptors (Lipinski definition) is 6. The average Bonchev–Trinajstić information content (AvgIpc) is 2.68. The van der Waals surface area contributed by atoms with Crippen LogP contribution in [0.3, 0.4) is 0 Å². The summed E-state index contributed by atoms with van der Waals surface area (Å²) >= 11 is 0. The third-order valence-corrected chi connectivity index (χ3v) is 4.90. The molecular weight excluding hydrogens is 312 g/mol. The van der Waals surface area contributed by atoms with Crippen molar-refractivity contribution in [1.29, 1.82) is 0 Å². The van der Waals surface area contributed by atoms with Crippen molar-refractivity contribution < 1.29 is 0 Å².